The van der Waals surface area contributed by atoms with Gasteiger partial charge in [0.25, 0.3) is 0 Å². The molecule has 2 N–H and O–H groups in total. The molecule has 6 heteroatoms. The van der Waals surface area contributed by atoms with Crippen LogP contribution in [0.4, 0.5) is 0 Å². The molecular formula is C16H14N4OS. The predicted molar refractivity (Wildman–Crippen MR) is 88.7 cm³/mol. The summed E-state index contributed by atoms with van der Waals surface area (Å²) in [5, 5.41) is 20.8. The summed E-state index contributed by atoms with van der Waals surface area (Å²) in [4.78, 5) is 0. The van der Waals surface area contributed by atoms with Gasteiger partial charge in [-0.3, -0.25) is 0 Å². The van der Waals surface area contributed by atoms with E-state index in [4.69, 9.17) is 12.2 Å². The van der Waals surface area contributed by atoms with Gasteiger partial charge in [0, 0.05) is 5.56 Å². The van der Waals surface area contributed by atoms with Crippen LogP contribution in [0.1, 0.15) is 11.1 Å². The summed E-state index contributed by atoms with van der Waals surface area (Å²) in [5.41, 5.74) is 2.87. The number of hydrogen-bond acceptors (Lipinski definition) is 4. The average molecular weight is 310 g/mol. The van der Waals surface area contributed by atoms with E-state index in [0.29, 0.717) is 10.6 Å². The number of aryl methyl sites for hydroxylation is 1. The fraction of sp³-hybridized carbons (Fsp3) is 0.0625. The van der Waals surface area contributed by atoms with E-state index in [-0.39, 0.29) is 5.75 Å². The molecule has 110 valence electrons. The summed E-state index contributed by atoms with van der Waals surface area (Å²) in [7, 11) is 0. The normalized spacial score (nSPS) is 11.1. The zero-order chi connectivity index (χ0) is 15.5. The number of rotatable bonds is 3. The minimum Gasteiger partial charge on any atom is -0.508 e. The highest BCUT2D eigenvalue weighted by Gasteiger charge is 2.07. The maximum absolute atomic E-state index is 9.48. The Morgan fingerprint density at radius 3 is 2.73 bits per heavy atom. The smallest absolute Gasteiger partial charge is 0.216 e. The summed E-state index contributed by atoms with van der Waals surface area (Å²) < 4.78 is 1.97. The molecule has 2 aromatic carbocycles. The quantitative estimate of drug-likeness (QED) is 0.575. The first-order valence-electron chi connectivity index (χ1n) is 6.71. The molecule has 0 fully saturated rings. The fourth-order valence-corrected chi connectivity index (χ4v) is 2.20. The summed E-state index contributed by atoms with van der Waals surface area (Å²) in [5.74, 6) is 0.833. The van der Waals surface area contributed by atoms with Crippen molar-refractivity contribution in [2.24, 2.45) is 5.10 Å². The van der Waals surface area contributed by atoms with Crippen molar-refractivity contribution in [3.05, 3.63) is 64.4 Å². The molecule has 0 saturated heterocycles. The van der Waals surface area contributed by atoms with Crippen LogP contribution < -0.4 is 0 Å². The molecule has 3 aromatic rings. The average Bonchev–Trinajstić information content (AvgIpc) is 2.87. The summed E-state index contributed by atoms with van der Waals surface area (Å²) in [6.07, 6.45) is 1.63. The standard InChI is InChI=1S/C16H14N4OS/c1-11-5-7-13(8-6-11)15-18-19-16(22)20(15)17-10-12-3-2-4-14(21)9-12/h2-10,21H,1H3,(H,19,22)/b17-10-. The molecule has 0 spiro atoms. The monoisotopic (exact) mass is 310 g/mol. The second-order valence-corrected chi connectivity index (χ2v) is 5.26. The number of phenols is 1. The Bertz CT molecular complexity index is 878. The molecule has 1 heterocycles. The maximum atomic E-state index is 9.48. The highest BCUT2D eigenvalue weighted by atomic mass is 32.1. The Morgan fingerprint density at radius 2 is 2.00 bits per heavy atom. The number of phenolic OH excluding ortho intramolecular Hbond substituents is 1. The van der Waals surface area contributed by atoms with Crippen LogP contribution in [0.2, 0.25) is 0 Å². The molecule has 5 nitrogen and oxygen atoms in total. The Hall–Kier alpha value is -2.73. The molecule has 3 rings (SSSR count). The molecule has 0 radical (unpaired) electrons. The third-order valence-corrected chi connectivity index (χ3v) is 3.42. The van der Waals surface area contributed by atoms with Gasteiger partial charge in [0.15, 0.2) is 5.82 Å². The minimum atomic E-state index is 0.193. The Labute approximate surface area is 132 Å². The van der Waals surface area contributed by atoms with Crippen molar-refractivity contribution in [3.8, 4) is 17.1 Å². The lowest BCUT2D eigenvalue weighted by atomic mass is 10.1. The number of nitrogens with one attached hydrogen (secondary N) is 1. The molecule has 0 amide bonds. The lowest BCUT2D eigenvalue weighted by Gasteiger charge is -2.01. The van der Waals surface area contributed by atoms with Crippen molar-refractivity contribution in [3.63, 3.8) is 0 Å². The van der Waals surface area contributed by atoms with E-state index in [9.17, 15) is 5.11 Å². The van der Waals surface area contributed by atoms with Gasteiger partial charge in [-0.1, -0.05) is 42.0 Å². The van der Waals surface area contributed by atoms with Crippen LogP contribution in [-0.2, 0) is 0 Å². The van der Waals surface area contributed by atoms with Crippen LogP contribution in [0, 0.1) is 11.7 Å². The highest BCUT2D eigenvalue weighted by Crippen LogP contribution is 2.18. The predicted octanol–water partition coefficient (Wildman–Crippen LogP) is 3.50. The van der Waals surface area contributed by atoms with Crippen molar-refractivity contribution in [2.75, 3.05) is 0 Å². The molecule has 1 aromatic heterocycles. The molecule has 0 bridgehead atoms. The van der Waals surface area contributed by atoms with E-state index in [0.717, 1.165) is 11.1 Å². The van der Waals surface area contributed by atoms with Gasteiger partial charge in [0.2, 0.25) is 4.77 Å². The molecular weight excluding hydrogens is 296 g/mol. The Balaban J connectivity index is 1.99. The first kappa shape index (κ1) is 14.2. The summed E-state index contributed by atoms with van der Waals surface area (Å²) in [6.45, 7) is 2.03. The van der Waals surface area contributed by atoms with Gasteiger partial charge in [-0.05, 0) is 36.8 Å². The van der Waals surface area contributed by atoms with E-state index in [1.165, 1.54) is 5.56 Å². The molecule has 22 heavy (non-hydrogen) atoms. The molecule has 0 aliphatic rings. The van der Waals surface area contributed by atoms with Crippen LogP contribution in [0.5, 0.6) is 5.75 Å². The molecule has 0 atom stereocenters. The minimum absolute atomic E-state index is 0.193. The molecule has 0 unspecified atom stereocenters. The van der Waals surface area contributed by atoms with Crippen molar-refractivity contribution in [1.82, 2.24) is 14.9 Å². The topological polar surface area (TPSA) is 66.2 Å². The van der Waals surface area contributed by atoms with E-state index in [2.05, 4.69) is 15.3 Å². The Morgan fingerprint density at radius 1 is 1.23 bits per heavy atom. The second kappa shape index (κ2) is 5.95. The van der Waals surface area contributed by atoms with Gasteiger partial charge in [-0.25, -0.2) is 5.10 Å². The van der Waals surface area contributed by atoms with Crippen LogP contribution >= 0.6 is 12.2 Å². The van der Waals surface area contributed by atoms with Crippen LogP contribution in [0.15, 0.2) is 53.6 Å². The fourth-order valence-electron chi connectivity index (χ4n) is 2.02. The van der Waals surface area contributed by atoms with Gasteiger partial charge in [-0.15, -0.1) is 0 Å². The third kappa shape index (κ3) is 2.96. The summed E-state index contributed by atoms with van der Waals surface area (Å²) in [6, 6.07) is 14.8. The van der Waals surface area contributed by atoms with Gasteiger partial charge in [-0.2, -0.15) is 14.9 Å². The van der Waals surface area contributed by atoms with E-state index >= 15 is 0 Å². The van der Waals surface area contributed by atoms with Crippen LogP contribution in [-0.4, -0.2) is 26.2 Å². The van der Waals surface area contributed by atoms with Gasteiger partial charge in [0.05, 0.1) is 6.21 Å². The zero-order valence-electron chi connectivity index (χ0n) is 11.9. The van der Waals surface area contributed by atoms with Gasteiger partial charge in [0.1, 0.15) is 5.75 Å². The number of H-pyrrole nitrogens is 1. The maximum Gasteiger partial charge on any atom is 0.216 e. The van der Waals surface area contributed by atoms with Crippen LogP contribution in [0.3, 0.4) is 0 Å². The largest absolute Gasteiger partial charge is 0.508 e. The van der Waals surface area contributed by atoms with Gasteiger partial charge < -0.3 is 5.11 Å². The zero-order valence-corrected chi connectivity index (χ0v) is 12.7. The lowest BCUT2D eigenvalue weighted by Crippen LogP contribution is -1.95. The van der Waals surface area contributed by atoms with Crippen molar-refractivity contribution < 1.29 is 5.11 Å². The first-order chi connectivity index (χ1) is 10.6. The first-order valence-corrected chi connectivity index (χ1v) is 7.12. The van der Waals surface area contributed by atoms with E-state index < -0.39 is 0 Å². The van der Waals surface area contributed by atoms with Crippen LogP contribution in [0.25, 0.3) is 11.4 Å². The number of nitrogens with zero attached hydrogens (tertiary/aromatic N) is 3. The number of aromatic nitrogens is 3. The highest BCUT2D eigenvalue weighted by molar-refractivity contribution is 7.71. The molecule has 0 aliphatic carbocycles. The van der Waals surface area contributed by atoms with Crippen molar-refractivity contribution >= 4 is 18.4 Å². The number of hydrogen-bond donors (Lipinski definition) is 2. The summed E-state index contributed by atoms with van der Waals surface area (Å²) >= 11 is 5.22. The second-order valence-electron chi connectivity index (χ2n) is 4.87. The van der Waals surface area contributed by atoms with Gasteiger partial charge >= 0.3 is 0 Å². The van der Waals surface area contributed by atoms with E-state index in [1.807, 2.05) is 37.3 Å². The molecule has 0 saturated carbocycles. The van der Waals surface area contributed by atoms with Crippen molar-refractivity contribution in [1.29, 1.82) is 0 Å². The van der Waals surface area contributed by atoms with Crippen molar-refractivity contribution in [2.45, 2.75) is 6.92 Å². The third-order valence-electron chi connectivity index (χ3n) is 3.15. The molecule has 0 aliphatic heterocycles. The Kier molecular flexibility index (Phi) is 3.84. The van der Waals surface area contributed by atoms with E-state index in [1.54, 1.807) is 29.1 Å². The number of aromatic hydroxyl groups is 1. The lowest BCUT2D eigenvalue weighted by molar-refractivity contribution is 0.475. The SMILES string of the molecule is Cc1ccc(-c2n[nH]c(=S)n2/N=C\c2cccc(O)c2)cc1. The number of benzene rings is 2. The number of aromatic amines is 1.